The minimum absolute atomic E-state index is 0.0132. The van der Waals surface area contributed by atoms with Crippen LogP contribution in [0, 0.1) is 23.7 Å². The van der Waals surface area contributed by atoms with Gasteiger partial charge in [0.25, 0.3) is 0 Å². The van der Waals surface area contributed by atoms with Gasteiger partial charge >= 0.3 is 0 Å². The van der Waals surface area contributed by atoms with Crippen LogP contribution in [-0.4, -0.2) is 46.0 Å². The Morgan fingerprint density at radius 2 is 1.84 bits per heavy atom. The van der Waals surface area contributed by atoms with Gasteiger partial charge in [0.1, 0.15) is 0 Å². The van der Waals surface area contributed by atoms with Gasteiger partial charge in [0.15, 0.2) is 23.1 Å². The first kappa shape index (κ1) is 25.4. The third-order valence-electron chi connectivity index (χ3n) is 7.74. The Hall–Kier alpha value is -3.26. The smallest absolute Gasteiger partial charge is 0.234 e. The summed E-state index contributed by atoms with van der Waals surface area (Å²) in [6.45, 7) is 5.54. The molecular weight excluding hydrogens is 538 g/mol. The molecule has 2 amide bonds. The van der Waals surface area contributed by atoms with Gasteiger partial charge in [-0.2, -0.15) is 0 Å². The van der Waals surface area contributed by atoms with Gasteiger partial charge in [-0.1, -0.05) is 29.9 Å². The SMILES string of the molecule is COc1cc(C=CC2C3=CCC4C(=O)N(C(C)(C)C)C(=O)C4C3CC3=C2C(=O)C=C(Br)C3=O)ccc1O. The van der Waals surface area contributed by atoms with Crippen LogP contribution >= 0.6 is 15.9 Å². The molecule has 192 valence electrons. The maximum atomic E-state index is 13.6. The molecule has 4 atom stereocenters. The number of allylic oxidation sites excluding steroid dienone is 7. The molecule has 7 nitrogen and oxygen atoms in total. The van der Waals surface area contributed by atoms with E-state index in [1.54, 1.807) is 12.1 Å². The molecule has 37 heavy (non-hydrogen) atoms. The summed E-state index contributed by atoms with van der Waals surface area (Å²) in [6, 6.07) is 4.92. The zero-order chi connectivity index (χ0) is 26.8. The van der Waals surface area contributed by atoms with Crippen molar-refractivity contribution in [3.05, 3.63) is 63.2 Å². The number of carbonyl (C=O) groups excluding carboxylic acids is 4. The zero-order valence-corrected chi connectivity index (χ0v) is 22.7. The van der Waals surface area contributed by atoms with E-state index in [2.05, 4.69) is 15.9 Å². The second kappa shape index (κ2) is 8.94. The van der Waals surface area contributed by atoms with Crippen molar-refractivity contribution in [3.8, 4) is 11.5 Å². The molecule has 1 fully saturated rings. The predicted octanol–water partition coefficient (Wildman–Crippen LogP) is 4.51. The van der Waals surface area contributed by atoms with Crippen molar-refractivity contribution in [2.45, 2.75) is 39.2 Å². The number of Topliss-reactive ketones (excluding diaryl/α,β-unsaturated/α-hetero) is 1. The summed E-state index contributed by atoms with van der Waals surface area (Å²) in [5.41, 5.74) is 1.80. The number of ether oxygens (including phenoxy) is 1. The number of carbonyl (C=O) groups is 4. The average molecular weight is 566 g/mol. The first-order valence-electron chi connectivity index (χ1n) is 12.3. The number of hydrogen-bond donors (Lipinski definition) is 1. The van der Waals surface area contributed by atoms with E-state index in [1.165, 1.54) is 24.2 Å². The van der Waals surface area contributed by atoms with Crippen LogP contribution in [0.3, 0.4) is 0 Å². The number of methoxy groups -OCH3 is 1. The molecule has 8 heteroatoms. The van der Waals surface area contributed by atoms with Crippen LogP contribution in [0.5, 0.6) is 11.5 Å². The summed E-state index contributed by atoms with van der Waals surface area (Å²) < 4.78 is 5.41. The van der Waals surface area contributed by atoms with Crippen molar-refractivity contribution in [3.63, 3.8) is 0 Å². The van der Waals surface area contributed by atoms with Crippen molar-refractivity contribution in [1.29, 1.82) is 0 Å². The number of likely N-dealkylation sites (tertiary alicyclic amines) is 1. The predicted molar refractivity (Wildman–Crippen MR) is 141 cm³/mol. The van der Waals surface area contributed by atoms with Gasteiger partial charge in [-0.3, -0.25) is 24.1 Å². The van der Waals surface area contributed by atoms with E-state index in [-0.39, 0.29) is 46.0 Å². The number of phenolic OH excluding ortho intramolecular Hbond substituents is 1. The number of fused-ring (bicyclic) bond motifs is 3. The normalized spacial score (nSPS) is 27.8. The van der Waals surface area contributed by atoms with Crippen LogP contribution in [0.25, 0.3) is 6.08 Å². The monoisotopic (exact) mass is 565 g/mol. The summed E-state index contributed by atoms with van der Waals surface area (Å²) in [4.78, 5) is 54.7. The average Bonchev–Trinajstić information content (AvgIpc) is 3.11. The molecule has 0 saturated carbocycles. The van der Waals surface area contributed by atoms with Gasteiger partial charge in [0.05, 0.1) is 23.4 Å². The maximum absolute atomic E-state index is 13.6. The van der Waals surface area contributed by atoms with E-state index in [0.29, 0.717) is 23.3 Å². The lowest BCUT2D eigenvalue weighted by Gasteiger charge is -2.41. The molecule has 4 aliphatic rings. The molecule has 1 saturated heterocycles. The fourth-order valence-electron chi connectivity index (χ4n) is 6.15. The quantitative estimate of drug-likeness (QED) is 0.329. The highest BCUT2D eigenvalue weighted by Crippen LogP contribution is 2.53. The van der Waals surface area contributed by atoms with Crippen LogP contribution < -0.4 is 4.74 Å². The number of phenols is 1. The molecule has 1 aromatic carbocycles. The highest BCUT2D eigenvalue weighted by Gasteiger charge is 2.57. The molecule has 0 bridgehead atoms. The van der Waals surface area contributed by atoms with E-state index < -0.39 is 23.3 Å². The Morgan fingerprint density at radius 1 is 1.11 bits per heavy atom. The van der Waals surface area contributed by atoms with Crippen LogP contribution in [0.15, 0.2) is 57.6 Å². The Labute approximate surface area is 223 Å². The highest BCUT2D eigenvalue weighted by atomic mass is 79.9. The Kier molecular flexibility index (Phi) is 6.14. The van der Waals surface area contributed by atoms with E-state index in [0.717, 1.165) is 11.1 Å². The molecule has 0 aromatic heterocycles. The van der Waals surface area contributed by atoms with Gasteiger partial charge in [-0.15, -0.1) is 0 Å². The summed E-state index contributed by atoms with van der Waals surface area (Å²) in [5, 5.41) is 9.94. The molecule has 4 unspecified atom stereocenters. The van der Waals surface area contributed by atoms with Gasteiger partial charge in [-0.25, -0.2) is 0 Å². The molecule has 0 radical (unpaired) electrons. The van der Waals surface area contributed by atoms with Crippen molar-refractivity contribution in [2.24, 2.45) is 23.7 Å². The van der Waals surface area contributed by atoms with Crippen molar-refractivity contribution in [1.82, 2.24) is 4.90 Å². The first-order chi connectivity index (χ1) is 17.4. The van der Waals surface area contributed by atoms with Gasteiger partial charge in [-0.05, 0) is 73.2 Å². The lowest BCUT2D eigenvalue weighted by Crippen LogP contribution is -2.46. The van der Waals surface area contributed by atoms with Crippen LogP contribution in [0.4, 0.5) is 0 Å². The molecular formula is C29H28BrNO6. The van der Waals surface area contributed by atoms with E-state index >= 15 is 0 Å². The number of nitrogens with zero attached hydrogens (tertiary/aromatic N) is 1. The van der Waals surface area contributed by atoms with Crippen molar-refractivity contribution in [2.75, 3.05) is 7.11 Å². The number of benzene rings is 1. The summed E-state index contributed by atoms with van der Waals surface area (Å²) >= 11 is 3.23. The third kappa shape index (κ3) is 4.02. The fraction of sp³-hybridized carbons (Fsp3) is 0.379. The number of imide groups is 1. The van der Waals surface area contributed by atoms with E-state index in [4.69, 9.17) is 4.74 Å². The molecule has 1 aliphatic heterocycles. The number of amides is 2. The molecule has 1 N–H and O–H groups in total. The largest absolute Gasteiger partial charge is 0.504 e. The lowest BCUT2D eigenvalue weighted by molar-refractivity contribution is -0.145. The van der Waals surface area contributed by atoms with Gasteiger partial charge < -0.3 is 9.84 Å². The van der Waals surface area contributed by atoms with Crippen LogP contribution in [0.1, 0.15) is 39.2 Å². The highest BCUT2D eigenvalue weighted by molar-refractivity contribution is 9.12. The van der Waals surface area contributed by atoms with E-state index in [1.807, 2.05) is 39.0 Å². The molecule has 5 rings (SSSR count). The molecule has 1 heterocycles. The van der Waals surface area contributed by atoms with Crippen molar-refractivity contribution >= 4 is 45.4 Å². The Morgan fingerprint density at radius 3 is 2.51 bits per heavy atom. The van der Waals surface area contributed by atoms with Gasteiger partial charge in [0, 0.05) is 28.7 Å². The number of halogens is 1. The summed E-state index contributed by atoms with van der Waals surface area (Å²) in [5.74, 6) is -2.48. The number of rotatable bonds is 3. The Bertz CT molecular complexity index is 1370. The molecule has 3 aliphatic carbocycles. The maximum Gasteiger partial charge on any atom is 0.234 e. The topological polar surface area (TPSA) is 101 Å². The second-order valence-electron chi connectivity index (χ2n) is 10.9. The van der Waals surface area contributed by atoms with Crippen LogP contribution in [-0.2, 0) is 19.2 Å². The summed E-state index contributed by atoms with van der Waals surface area (Å²) in [6.07, 6.45) is 7.63. The standard InChI is InChI=1S/C29H28BrNO6/c1-29(2,3)31-27(35)17-9-8-15-16(7-5-14-6-10-21(32)23(11-14)37-4)24-19(12-18(15)25(17)28(31)36)26(34)20(30)13-22(24)33/h5-8,10-11,13,16-18,25,32H,9,12H2,1-4H3. The van der Waals surface area contributed by atoms with Crippen molar-refractivity contribution < 1.29 is 29.0 Å². The second-order valence-corrected chi connectivity index (χ2v) is 11.8. The number of ketones is 2. The third-order valence-corrected chi connectivity index (χ3v) is 8.32. The Balaban J connectivity index is 1.61. The lowest BCUT2D eigenvalue weighted by atomic mass is 9.61. The fourth-order valence-corrected chi connectivity index (χ4v) is 6.60. The molecule has 1 aromatic rings. The minimum atomic E-state index is -0.648. The number of hydrogen-bond acceptors (Lipinski definition) is 6. The van der Waals surface area contributed by atoms with Crippen LogP contribution in [0.2, 0.25) is 0 Å². The van der Waals surface area contributed by atoms with Gasteiger partial charge in [0.2, 0.25) is 11.8 Å². The first-order valence-corrected chi connectivity index (χ1v) is 13.1. The molecule has 0 spiro atoms. The summed E-state index contributed by atoms with van der Waals surface area (Å²) in [7, 11) is 1.46. The minimum Gasteiger partial charge on any atom is -0.504 e. The van der Waals surface area contributed by atoms with E-state index in [9.17, 15) is 24.3 Å². The number of aromatic hydroxyl groups is 1. The zero-order valence-electron chi connectivity index (χ0n) is 21.1.